The molecule has 1 aromatic rings. The van der Waals surface area contributed by atoms with Gasteiger partial charge in [0.15, 0.2) is 0 Å². The second-order valence-corrected chi connectivity index (χ2v) is 8.18. The van der Waals surface area contributed by atoms with Crippen molar-refractivity contribution in [1.29, 1.82) is 0 Å². The molecule has 2 aliphatic heterocycles. The van der Waals surface area contributed by atoms with Crippen LogP contribution in [0.4, 0.5) is 0 Å². The Morgan fingerprint density at radius 3 is 3.12 bits per heavy atom. The molecule has 2 saturated heterocycles. The van der Waals surface area contributed by atoms with Crippen LogP contribution in [0, 0.1) is 11.8 Å². The summed E-state index contributed by atoms with van der Waals surface area (Å²) >= 11 is 0. The number of pyridine rings is 1. The fourth-order valence-electron chi connectivity index (χ4n) is 4.69. The minimum absolute atomic E-state index is 0.0835. The van der Waals surface area contributed by atoms with Gasteiger partial charge in [0.2, 0.25) is 5.91 Å². The fraction of sp³-hybridized carbons (Fsp3) is 0.700. The van der Waals surface area contributed by atoms with E-state index >= 15 is 0 Å². The van der Waals surface area contributed by atoms with Gasteiger partial charge in [0.25, 0.3) is 0 Å². The predicted molar refractivity (Wildman–Crippen MR) is 99.0 cm³/mol. The molecule has 1 aliphatic carbocycles. The molecule has 0 aromatic carbocycles. The second-order valence-electron chi connectivity index (χ2n) is 8.18. The van der Waals surface area contributed by atoms with Crippen LogP contribution in [0.1, 0.15) is 44.6 Å². The van der Waals surface area contributed by atoms with Gasteiger partial charge >= 0.3 is 0 Å². The van der Waals surface area contributed by atoms with Gasteiger partial charge in [0, 0.05) is 37.4 Å². The van der Waals surface area contributed by atoms with E-state index in [-0.39, 0.29) is 18.1 Å². The molecule has 3 aliphatic rings. The summed E-state index contributed by atoms with van der Waals surface area (Å²) < 4.78 is 6.07. The van der Waals surface area contributed by atoms with Gasteiger partial charge in [0.05, 0.1) is 12.7 Å². The van der Waals surface area contributed by atoms with Crippen LogP contribution in [0.2, 0.25) is 0 Å². The number of aromatic nitrogens is 1. The number of hydrazine groups is 1. The van der Waals surface area contributed by atoms with Gasteiger partial charge in [0.1, 0.15) is 6.04 Å². The Morgan fingerprint density at radius 2 is 2.27 bits per heavy atom. The van der Waals surface area contributed by atoms with Crippen LogP contribution in [0.3, 0.4) is 0 Å². The number of hydrogen-bond donors (Lipinski definition) is 2. The minimum atomic E-state index is -0.0835. The Labute approximate surface area is 155 Å². The van der Waals surface area contributed by atoms with Crippen LogP contribution in [-0.2, 0) is 16.1 Å². The third-order valence-corrected chi connectivity index (χ3v) is 6.18. The first-order chi connectivity index (χ1) is 12.7. The van der Waals surface area contributed by atoms with E-state index in [2.05, 4.69) is 22.8 Å². The smallest absolute Gasteiger partial charge is 0.241 e. The molecule has 0 radical (unpaired) electrons. The maximum Gasteiger partial charge on any atom is 0.241 e. The Bertz CT molecular complexity index is 611. The summed E-state index contributed by atoms with van der Waals surface area (Å²) in [6.07, 6.45) is 9.30. The SMILES string of the molecule is CC1CCC2NNC(C(=O)N3CCCC(OCc4cccnc4)C3)C2C1. The molecular weight excluding hydrogens is 328 g/mol. The average molecular weight is 358 g/mol. The number of hydrogen-bond acceptors (Lipinski definition) is 5. The standard InChI is InChI=1S/C20H30N4O2/c1-14-6-7-18-17(10-14)19(23-22-18)20(25)24-9-3-5-16(12-24)26-13-15-4-2-8-21-11-15/h2,4,8,11,14,16-19,22-23H,3,5-7,9-10,12-13H2,1H3. The van der Waals surface area contributed by atoms with Crippen molar-refractivity contribution in [2.45, 2.75) is 63.8 Å². The molecule has 2 N–H and O–H groups in total. The van der Waals surface area contributed by atoms with Crippen molar-refractivity contribution >= 4 is 5.91 Å². The molecule has 6 nitrogen and oxygen atoms in total. The molecule has 0 spiro atoms. The minimum Gasteiger partial charge on any atom is -0.372 e. The van der Waals surface area contributed by atoms with E-state index < -0.39 is 0 Å². The van der Waals surface area contributed by atoms with E-state index in [4.69, 9.17) is 4.74 Å². The van der Waals surface area contributed by atoms with Crippen LogP contribution < -0.4 is 10.9 Å². The van der Waals surface area contributed by atoms with E-state index in [1.165, 1.54) is 12.8 Å². The van der Waals surface area contributed by atoms with Crippen LogP contribution in [0.5, 0.6) is 0 Å². The molecule has 0 bridgehead atoms. The van der Waals surface area contributed by atoms with Crippen LogP contribution in [0.25, 0.3) is 0 Å². The molecular formula is C20H30N4O2. The van der Waals surface area contributed by atoms with Gasteiger partial charge in [-0.1, -0.05) is 13.0 Å². The summed E-state index contributed by atoms with van der Waals surface area (Å²) in [5.74, 6) is 1.38. The highest BCUT2D eigenvalue weighted by atomic mass is 16.5. The number of ether oxygens (including phenoxy) is 1. The van der Waals surface area contributed by atoms with Crippen molar-refractivity contribution in [3.63, 3.8) is 0 Å². The van der Waals surface area contributed by atoms with Gasteiger partial charge in [-0.15, -0.1) is 0 Å². The van der Waals surface area contributed by atoms with Gasteiger partial charge in [-0.25, -0.2) is 5.43 Å². The monoisotopic (exact) mass is 358 g/mol. The Hall–Kier alpha value is -1.50. The van der Waals surface area contributed by atoms with Crippen molar-refractivity contribution in [1.82, 2.24) is 20.7 Å². The topological polar surface area (TPSA) is 66.5 Å². The highest BCUT2D eigenvalue weighted by Gasteiger charge is 2.44. The molecule has 1 saturated carbocycles. The number of carbonyl (C=O) groups excluding carboxylic acids is 1. The van der Waals surface area contributed by atoms with Crippen molar-refractivity contribution in [3.8, 4) is 0 Å². The number of fused-ring (bicyclic) bond motifs is 1. The third-order valence-electron chi connectivity index (χ3n) is 6.18. The molecule has 26 heavy (non-hydrogen) atoms. The normalized spacial score (nSPS) is 34.5. The van der Waals surface area contributed by atoms with Gasteiger partial charge < -0.3 is 9.64 Å². The van der Waals surface area contributed by atoms with Crippen LogP contribution in [-0.4, -0.2) is 47.1 Å². The van der Waals surface area contributed by atoms with Crippen molar-refractivity contribution in [2.24, 2.45) is 11.8 Å². The highest BCUT2D eigenvalue weighted by molar-refractivity contribution is 5.82. The summed E-state index contributed by atoms with van der Waals surface area (Å²) in [7, 11) is 0. The molecule has 4 rings (SSSR count). The zero-order valence-electron chi connectivity index (χ0n) is 15.6. The number of amides is 1. The first kappa shape index (κ1) is 17.9. The summed E-state index contributed by atoms with van der Waals surface area (Å²) in [4.78, 5) is 19.3. The fourth-order valence-corrected chi connectivity index (χ4v) is 4.69. The number of likely N-dealkylation sites (tertiary alicyclic amines) is 1. The van der Waals surface area contributed by atoms with Gasteiger partial charge in [-0.05, 0) is 49.7 Å². The maximum atomic E-state index is 13.1. The lowest BCUT2D eigenvalue weighted by molar-refractivity contribution is -0.138. The maximum absolute atomic E-state index is 13.1. The molecule has 6 heteroatoms. The second kappa shape index (κ2) is 8.03. The highest BCUT2D eigenvalue weighted by Crippen LogP contribution is 2.34. The number of piperidine rings is 1. The lowest BCUT2D eigenvalue weighted by Crippen LogP contribution is -2.52. The molecule has 5 unspecified atom stereocenters. The van der Waals surface area contributed by atoms with E-state index in [1.54, 1.807) is 6.20 Å². The first-order valence-corrected chi connectivity index (χ1v) is 10.0. The number of carbonyl (C=O) groups is 1. The molecule has 1 amide bonds. The Balaban J connectivity index is 1.33. The largest absolute Gasteiger partial charge is 0.372 e. The zero-order chi connectivity index (χ0) is 17.9. The molecule has 3 heterocycles. The number of rotatable bonds is 4. The molecule has 5 atom stereocenters. The summed E-state index contributed by atoms with van der Waals surface area (Å²) in [5.41, 5.74) is 7.75. The molecule has 1 aromatic heterocycles. The van der Waals surface area contributed by atoms with Crippen molar-refractivity contribution < 1.29 is 9.53 Å². The van der Waals surface area contributed by atoms with Crippen LogP contribution >= 0.6 is 0 Å². The zero-order valence-corrected chi connectivity index (χ0v) is 15.6. The van der Waals surface area contributed by atoms with E-state index in [0.717, 1.165) is 31.4 Å². The number of nitrogens with one attached hydrogen (secondary N) is 2. The predicted octanol–water partition coefficient (Wildman–Crippen LogP) is 1.87. The first-order valence-electron chi connectivity index (χ1n) is 10.0. The van der Waals surface area contributed by atoms with E-state index in [0.29, 0.717) is 31.0 Å². The summed E-state index contributed by atoms with van der Waals surface area (Å²) in [6, 6.07) is 4.31. The Kier molecular flexibility index (Phi) is 5.52. The summed E-state index contributed by atoms with van der Waals surface area (Å²) in [6.45, 7) is 4.41. The third kappa shape index (κ3) is 3.92. The molecule has 142 valence electrons. The van der Waals surface area contributed by atoms with Crippen LogP contribution in [0.15, 0.2) is 24.5 Å². The van der Waals surface area contributed by atoms with Crippen molar-refractivity contribution in [2.75, 3.05) is 13.1 Å². The van der Waals surface area contributed by atoms with E-state index in [1.807, 2.05) is 23.2 Å². The lowest BCUT2D eigenvalue weighted by atomic mass is 9.76. The Morgan fingerprint density at radius 1 is 1.35 bits per heavy atom. The quantitative estimate of drug-likeness (QED) is 0.860. The van der Waals surface area contributed by atoms with Gasteiger partial charge in [-0.3, -0.25) is 15.2 Å². The van der Waals surface area contributed by atoms with Gasteiger partial charge in [-0.2, -0.15) is 0 Å². The number of nitrogens with zero attached hydrogens (tertiary/aromatic N) is 2. The molecule has 3 fully saturated rings. The average Bonchev–Trinajstić information content (AvgIpc) is 3.10. The van der Waals surface area contributed by atoms with Crippen molar-refractivity contribution in [3.05, 3.63) is 30.1 Å². The summed E-state index contributed by atoms with van der Waals surface area (Å²) in [5, 5.41) is 0. The van der Waals surface area contributed by atoms with E-state index in [9.17, 15) is 4.79 Å². The lowest BCUT2D eigenvalue weighted by Gasteiger charge is -2.36.